The molecule has 7 aromatic rings. The van der Waals surface area contributed by atoms with Gasteiger partial charge >= 0.3 is 0 Å². The number of hydrogen-bond donors (Lipinski definition) is 0. The zero-order valence-electron chi connectivity index (χ0n) is 20.8. The number of anilines is 3. The first-order chi connectivity index (χ1) is 18.9. The van der Waals surface area contributed by atoms with Crippen molar-refractivity contribution in [3.63, 3.8) is 0 Å². The summed E-state index contributed by atoms with van der Waals surface area (Å²) in [5.41, 5.74) is 7.61. The zero-order valence-corrected chi connectivity index (χ0v) is 20.8. The Morgan fingerprint density at radius 1 is 0.474 bits per heavy atom. The summed E-state index contributed by atoms with van der Waals surface area (Å²) in [4.78, 5) is 7.38. The third-order valence-corrected chi connectivity index (χ3v) is 6.98. The largest absolute Gasteiger partial charge is 0.311 e. The molecule has 0 amide bonds. The van der Waals surface area contributed by atoms with Gasteiger partial charge in [-0.2, -0.15) is 0 Å². The van der Waals surface area contributed by atoms with Crippen LogP contribution in [0.15, 0.2) is 152 Å². The fourth-order valence-corrected chi connectivity index (χ4v) is 5.23. The monoisotopic (exact) mass is 487 g/mol. The average Bonchev–Trinajstić information content (AvgIpc) is 3.38. The van der Waals surface area contributed by atoms with E-state index in [-0.39, 0.29) is 0 Å². The molecule has 0 saturated heterocycles. The van der Waals surface area contributed by atoms with Crippen molar-refractivity contribution in [3.05, 3.63) is 152 Å². The van der Waals surface area contributed by atoms with E-state index in [4.69, 9.17) is 4.98 Å². The zero-order chi connectivity index (χ0) is 25.3. The molecule has 0 spiro atoms. The SMILES string of the molecule is c1ccc(N(c2ccccc2)c2ccc(-c3nc4ccccc4n3-c3cccc4ccccc34)cc2)cc1. The highest BCUT2D eigenvalue weighted by Gasteiger charge is 2.17. The molecular formula is C35H25N3. The summed E-state index contributed by atoms with van der Waals surface area (Å²) < 4.78 is 2.29. The van der Waals surface area contributed by atoms with Crippen LogP contribution in [-0.2, 0) is 0 Å². The number of nitrogens with zero attached hydrogens (tertiary/aromatic N) is 3. The van der Waals surface area contributed by atoms with E-state index in [1.165, 1.54) is 10.8 Å². The van der Waals surface area contributed by atoms with Crippen LogP contribution in [0.4, 0.5) is 17.1 Å². The Morgan fingerprint density at radius 3 is 1.79 bits per heavy atom. The number of para-hydroxylation sites is 4. The van der Waals surface area contributed by atoms with Crippen LogP contribution in [0.5, 0.6) is 0 Å². The molecule has 0 N–H and O–H groups in total. The normalized spacial score (nSPS) is 11.2. The predicted octanol–water partition coefficient (Wildman–Crippen LogP) is 9.32. The van der Waals surface area contributed by atoms with Gasteiger partial charge in [0.05, 0.1) is 16.7 Å². The van der Waals surface area contributed by atoms with Crippen molar-refractivity contribution in [1.29, 1.82) is 0 Å². The number of hydrogen-bond acceptors (Lipinski definition) is 2. The lowest BCUT2D eigenvalue weighted by molar-refractivity contribution is 1.11. The molecule has 0 aliphatic rings. The van der Waals surface area contributed by atoms with Gasteiger partial charge in [0.2, 0.25) is 0 Å². The van der Waals surface area contributed by atoms with Gasteiger partial charge < -0.3 is 4.90 Å². The van der Waals surface area contributed by atoms with Crippen molar-refractivity contribution >= 4 is 38.9 Å². The molecule has 180 valence electrons. The summed E-state index contributed by atoms with van der Waals surface area (Å²) in [6.45, 7) is 0. The minimum Gasteiger partial charge on any atom is -0.311 e. The fraction of sp³-hybridized carbons (Fsp3) is 0. The minimum atomic E-state index is 0.931. The number of benzene rings is 6. The summed E-state index contributed by atoms with van der Waals surface area (Å²) in [5, 5.41) is 2.42. The van der Waals surface area contributed by atoms with Crippen molar-refractivity contribution in [2.45, 2.75) is 0 Å². The quantitative estimate of drug-likeness (QED) is 0.241. The third kappa shape index (κ3) is 3.82. The third-order valence-electron chi connectivity index (χ3n) is 6.98. The van der Waals surface area contributed by atoms with Gasteiger partial charge in [0.15, 0.2) is 0 Å². The van der Waals surface area contributed by atoms with Crippen LogP contribution in [0.2, 0.25) is 0 Å². The van der Waals surface area contributed by atoms with Crippen LogP contribution < -0.4 is 4.90 Å². The first kappa shape index (κ1) is 22.1. The molecule has 0 fully saturated rings. The molecular weight excluding hydrogens is 462 g/mol. The number of rotatable bonds is 5. The van der Waals surface area contributed by atoms with Gasteiger partial charge in [0.25, 0.3) is 0 Å². The highest BCUT2D eigenvalue weighted by atomic mass is 15.1. The average molecular weight is 488 g/mol. The lowest BCUT2D eigenvalue weighted by atomic mass is 10.1. The predicted molar refractivity (Wildman–Crippen MR) is 159 cm³/mol. The molecule has 0 unspecified atom stereocenters. The second-order valence-corrected chi connectivity index (χ2v) is 9.31. The van der Waals surface area contributed by atoms with Crippen molar-refractivity contribution in [1.82, 2.24) is 9.55 Å². The van der Waals surface area contributed by atoms with Crippen molar-refractivity contribution in [2.75, 3.05) is 4.90 Å². The lowest BCUT2D eigenvalue weighted by Gasteiger charge is -2.25. The van der Waals surface area contributed by atoms with E-state index >= 15 is 0 Å². The van der Waals surface area contributed by atoms with E-state index in [9.17, 15) is 0 Å². The lowest BCUT2D eigenvalue weighted by Crippen LogP contribution is -2.09. The molecule has 0 radical (unpaired) electrons. The molecule has 7 rings (SSSR count). The Morgan fingerprint density at radius 2 is 1.05 bits per heavy atom. The maximum Gasteiger partial charge on any atom is 0.145 e. The van der Waals surface area contributed by atoms with Gasteiger partial charge in [-0.25, -0.2) is 4.98 Å². The smallest absolute Gasteiger partial charge is 0.145 e. The van der Waals surface area contributed by atoms with Gasteiger partial charge in [0.1, 0.15) is 5.82 Å². The van der Waals surface area contributed by atoms with E-state index < -0.39 is 0 Å². The fourth-order valence-electron chi connectivity index (χ4n) is 5.23. The molecule has 0 saturated carbocycles. The molecule has 0 atom stereocenters. The molecule has 0 bridgehead atoms. The summed E-state index contributed by atoms with van der Waals surface area (Å²) >= 11 is 0. The Balaban J connectivity index is 1.39. The van der Waals surface area contributed by atoms with Gasteiger partial charge in [-0.3, -0.25) is 4.57 Å². The Hall–Kier alpha value is -5.15. The highest BCUT2D eigenvalue weighted by Crippen LogP contribution is 2.37. The van der Waals surface area contributed by atoms with Crippen LogP contribution in [0.3, 0.4) is 0 Å². The molecule has 3 heteroatoms. The molecule has 1 aromatic heterocycles. The van der Waals surface area contributed by atoms with E-state index in [2.05, 4.69) is 143 Å². The van der Waals surface area contributed by atoms with Gasteiger partial charge in [0, 0.05) is 28.0 Å². The standard InChI is InChI=1S/C35H25N3/c1-3-14-28(15-4-1)37(29-16-5-2-6-17-29)30-24-22-27(23-25-30)35-36-32-19-9-10-20-34(32)38(35)33-21-11-13-26-12-7-8-18-31(26)33/h1-25H. The van der Waals surface area contributed by atoms with Gasteiger partial charge in [-0.15, -0.1) is 0 Å². The maximum atomic E-state index is 5.11. The Labute approximate surface area is 221 Å². The van der Waals surface area contributed by atoms with E-state index in [1.54, 1.807) is 0 Å². The first-order valence-corrected chi connectivity index (χ1v) is 12.8. The van der Waals surface area contributed by atoms with Crippen LogP contribution in [0, 0.1) is 0 Å². The molecule has 6 aromatic carbocycles. The van der Waals surface area contributed by atoms with Crippen molar-refractivity contribution < 1.29 is 0 Å². The summed E-state index contributed by atoms with van der Waals surface area (Å²) in [6, 6.07) is 53.0. The molecule has 38 heavy (non-hydrogen) atoms. The maximum absolute atomic E-state index is 5.11. The minimum absolute atomic E-state index is 0.931. The van der Waals surface area contributed by atoms with E-state index in [0.717, 1.165) is 45.2 Å². The highest BCUT2D eigenvalue weighted by molar-refractivity contribution is 5.94. The van der Waals surface area contributed by atoms with Crippen LogP contribution in [-0.4, -0.2) is 9.55 Å². The first-order valence-electron chi connectivity index (χ1n) is 12.8. The second kappa shape index (κ2) is 9.38. The van der Waals surface area contributed by atoms with Gasteiger partial charge in [-0.05, 0) is 72.1 Å². The Kier molecular flexibility index (Phi) is 5.45. The Bertz CT molecular complexity index is 1810. The van der Waals surface area contributed by atoms with Crippen LogP contribution >= 0.6 is 0 Å². The summed E-state index contributed by atoms with van der Waals surface area (Å²) in [6.07, 6.45) is 0. The van der Waals surface area contributed by atoms with Crippen LogP contribution in [0.1, 0.15) is 0 Å². The summed E-state index contributed by atoms with van der Waals surface area (Å²) in [7, 11) is 0. The molecule has 0 aliphatic heterocycles. The van der Waals surface area contributed by atoms with Crippen molar-refractivity contribution in [2.24, 2.45) is 0 Å². The second-order valence-electron chi connectivity index (χ2n) is 9.31. The van der Waals surface area contributed by atoms with Crippen LogP contribution in [0.25, 0.3) is 38.9 Å². The van der Waals surface area contributed by atoms with Crippen molar-refractivity contribution in [3.8, 4) is 17.1 Å². The van der Waals surface area contributed by atoms with E-state index in [1.807, 2.05) is 18.2 Å². The molecule has 0 aliphatic carbocycles. The molecule has 3 nitrogen and oxygen atoms in total. The topological polar surface area (TPSA) is 21.1 Å². The summed E-state index contributed by atoms with van der Waals surface area (Å²) in [5.74, 6) is 0.931. The number of fused-ring (bicyclic) bond motifs is 2. The number of aromatic nitrogens is 2. The van der Waals surface area contributed by atoms with Gasteiger partial charge in [-0.1, -0.05) is 84.9 Å². The number of imidazole rings is 1. The van der Waals surface area contributed by atoms with E-state index in [0.29, 0.717) is 0 Å². The molecule has 1 heterocycles.